The number of anilines is 1. The van der Waals surface area contributed by atoms with Gasteiger partial charge in [-0.1, -0.05) is 12.2 Å². The van der Waals surface area contributed by atoms with Gasteiger partial charge in [0, 0.05) is 30.4 Å². The molecule has 1 aliphatic rings. The lowest BCUT2D eigenvalue weighted by Gasteiger charge is -2.26. The average Bonchev–Trinajstić information content (AvgIpc) is 2.68. The fourth-order valence-corrected chi connectivity index (χ4v) is 3.27. The molecule has 150 valence electrons. The van der Waals surface area contributed by atoms with Crippen LogP contribution in [0.3, 0.4) is 0 Å². The number of amides is 3. The number of rotatable bonds is 8. The lowest BCUT2D eigenvalue weighted by Crippen LogP contribution is -2.41. The number of carbonyl (C=O) groups excluding carboxylic acids is 2. The predicted molar refractivity (Wildman–Crippen MR) is 108 cm³/mol. The maximum atomic E-state index is 12.5. The maximum absolute atomic E-state index is 12.5. The first-order valence-electron chi connectivity index (χ1n) is 9.36. The fourth-order valence-electron chi connectivity index (χ4n) is 3.27. The number of aliphatic carboxylic acids is 1. The van der Waals surface area contributed by atoms with Gasteiger partial charge in [0.05, 0.1) is 5.92 Å². The van der Waals surface area contributed by atoms with Gasteiger partial charge in [0.2, 0.25) is 0 Å². The molecule has 7 nitrogen and oxygen atoms in total. The van der Waals surface area contributed by atoms with Crippen LogP contribution in [-0.4, -0.2) is 47.0 Å². The average molecular weight is 385 g/mol. The summed E-state index contributed by atoms with van der Waals surface area (Å²) in [6.45, 7) is 8.16. The summed E-state index contributed by atoms with van der Waals surface area (Å²) in [5, 5.41) is 14.6. The van der Waals surface area contributed by atoms with E-state index in [1.54, 1.807) is 41.3 Å². The molecule has 3 N–H and O–H groups in total. The van der Waals surface area contributed by atoms with E-state index in [-0.39, 0.29) is 23.9 Å². The first-order chi connectivity index (χ1) is 13.4. The molecule has 7 heteroatoms. The van der Waals surface area contributed by atoms with E-state index in [2.05, 4.69) is 23.8 Å². The Morgan fingerprint density at radius 1 is 1.04 bits per heavy atom. The van der Waals surface area contributed by atoms with Gasteiger partial charge >= 0.3 is 12.0 Å². The van der Waals surface area contributed by atoms with E-state index in [0.29, 0.717) is 50.0 Å². The molecule has 0 saturated heterocycles. The third-order valence-corrected chi connectivity index (χ3v) is 4.79. The summed E-state index contributed by atoms with van der Waals surface area (Å²) in [7, 11) is 0. The highest BCUT2D eigenvalue weighted by atomic mass is 16.4. The van der Waals surface area contributed by atoms with Gasteiger partial charge in [0.15, 0.2) is 0 Å². The summed E-state index contributed by atoms with van der Waals surface area (Å²) in [6.07, 6.45) is 5.77. The van der Waals surface area contributed by atoms with Crippen LogP contribution in [0.5, 0.6) is 0 Å². The Kier molecular flexibility index (Phi) is 7.80. The third kappa shape index (κ3) is 5.97. The molecule has 0 radical (unpaired) electrons. The van der Waals surface area contributed by atoms with E-state index in [1.807, 2.05) is 0 Å². The first-order valence-corrected chi connectivity index (χ1v) is 9.36. The molecule has 0 atom stereocenters. The van der Waals surface area contributed by atoms with Crippen molar-refractivity contribution < 1.29 is 19.5 Å². The smallest absolute Gasteiger partial charge is 0.319 e. The Balaban J connectivity index is 1.87. The quantitative estimate of drug-likeness (QED) is 0.598. The topological polar surface area (TPSA) is 98.7 Å². The first kappa shape index (κ1) is 21.2. The summed E-state index contributed by atoms with van der Waals surface area (Å²) in [4.78, 5) is 37.2. The summed E-state index contributed by atoms with van der Waals surface area (Å²) in [5.74, 6) is -1.21. The minimum absolute atomic E-state index is 0.0252. The third-order valence-electron chi connectivity index (χ3n) is 4.79. The summed E-state index contributed by atoms with van der Waals surface area (Å²) in [6, 6.07) is 6.31. The molecule has 0 spiro atoms. The van der Waals surface area contributed by atoms with Crippen LogP contribution in [0.25, 0.3) is 0 Å². The lowest BCUT2D eigenvalue weighted by molar-refractivity contribution is -0.142. The molecule has 0 aromatic heterocycles. The SMILES string of the molecule is C=CCN(CC=C)C(=O)c1ccc(NC(=O)NC2CCC(C(=O)O)CC2)cc1. The van der Waals surface area contributed by atoms with E-state index in [0.717, 1.165) is 0 Å². The number of benzene rings is 1. The number of hydrogen-bond acceptors (Lipinski definition) is 3. The van der Waals surface area contributed by atoms with Gasteiger partial charge in [-0.25, -0.2) is 4.79 Å². The molecule has 1 aliphatic carbocycles. The van der Waals surface area contributed by atoms with Crippen molar-refractivity contribution in [3.8, 4) is 0 Å². The van der Waals surface area contributed by atoms with Crippen molar-refractivity contribution in [2.45, 2.75) is 31.7 Å². The highest BCUT2D eigenvalue weighted by molar-refractivity contribution is 5.95. The van der Waals surface area contributed by atoms with Crippen LogP contribution >= 0.6 is 0 Å². The predicted octanol–water partition coefficient (Wildman–Crippen LogP) is 3.27. The van der Waals surface area contributed by atoms with Gasteiger partial charge in [-0.05, 0) is 49.9 Å². The largest absolute Gasteiger partial charge is 0.481 e. The Morgan fingerprint density at radius 3 is 2.11 bits per heavy atom. The number of carboxylic acids is 1. The molecule has 0 aliphatic heterocycles. The van der Waals surface area contributed by atoms with Crippen LogP contribution in [-0.2, 0) is 4.79 Å². The standard InChI is InChI=1S/C21H27N3O4/c1-3-13-24(14-4-2)19(25)15-5-9-17(10-6-15)22-21(28)23-18-11-7-16(8-12-18)20(26)27/h3-6,9-10,16,18H,1-2,7-8,11-14H2,(H,26,27)(H2,22,23,28). The van der Waals surface area contributed by atoms with E-state index in [4.69, 9.17) is 5.11 Å². The number of carbonyl (C=O) groups is 3. The van der Waals surface area contributed by atoms with E-state index < -0.39 is 5.97 Å². The number of nitrogens with one attached hydrogen (secondary N) is 2. The molecule has 3 amide bonds. The monoisotopic (exact) mass is 385 g/mol. The van der Waals surface area contributed by atoms with Crippen molar-refractivity contribution in [2.75, 3.05) is 18.4 Å². The molecule has 2 rings (SSSR count). The van der Waals surface area contributed by atoms with Crippen molar-refractivity contribution in [1.82, 2.24) is 10.2 Å². The van der Waals surface area contributed by atoms with Gasteiger partial charge < -0.3 is 20.6 Å². The number of nitrogens with zero attached hydrogens (tertiary/aromatic N) is 1. The molecule has 0 bridgehead atoms. The molecule has 1 fully saturated rings. The minimum Gasteiger partial charge on any atom is -0.481 e. The van der Waals surface area contributed by atoms with Crippen LogP contribution in [0, 0.1) is 5.92 Å². The summed E-state index contributed by atoms with van der Waals surface area (Å²) in [5.41, 5.74) is 1.09. The van der Waals surface area contributed by atoms with Gasteiger partial charge in [-0.15, -0.1) is 13.2 Å². The number of carboxylic acid groups (broad SMARTS) is 1. The zero-order valence-electron chi connectivity index (χ0n) is 15.9. The van der Waals surface area contributed by atoms with E-state index >= 15 is 0 Å². The molecule has 0 heterocycles. The van der Waals surface area contributed by atoms with Crippen LogP contribution in [0.15, 0.2) is 49.6 Å². The molecular formula is C21H27N3O4. The van der Waals surface area contributed by atoms with Gasteiger partial charge in [-0.3, -0.25) is 9.59 Å². The molecule has 28 heavy (non-hydrogen) atoms. The Hall–Kier alpha value is -3.09. The molecule has 0 unspecified atom stereocenters. The van der Waals surface area contributed by atoms with Crippen molar-refractivity contribution in [3.63, 3.8) is 0 Å². The molecule has 1 aromatic carbocycles. The molecule has 1 aromatic rings. The second kappa shape index (κ2) is 10.3. The fraction of sp³-hybridized carbons (Fsp3) is 0.381. The van der Waals surface area contributed by atoms with Crippen LogP contribution in [0.1, 0.15) is 36.0 Å². The van der Waals surface area contributed by atoms with Crippen LogP contribution in [0.2, 0.25) is 0 Å². The Morgan fingerprint density at radius 2 is 1.61 bits per heavy atom. The highest BCUT2D eigenvalue weighted by Gasteiger charge is 2.26. The summed E-state index contributed by atoms with van der Waals surface area (Å²) >= 11 is 0. The lowest BCUT2D eigenvalue weighted by atomic mass is 9.86. The normalized spacial score (nSPS) is 18.6. The van der Waals surface area contributed by atoms with Crippen molar-refractivity contribution >= 4 is 23.6 Å². The van der Waals surface area contributed by atoms with Crippen molar-refractivity contribution in [3.05, 3.63) is 55.1 Å². The zero-order valence-corrected chi connectivity index (χ0v) is 15.9. The Labute approximate surface area is 165 Å². The molecular weight excluding hydrogens is 358 g/mol. The van der Waals surface area contributed by atoms with E-state index in [1.165, 1.54) is 0 Å². The van der Waals surface area contributed by atoms with Crippen molar-refractivity contribution in [2.24, 2.45) is 5.92 Å². The molecule has 1 saturated carbocycles. The number of hydrogen-bond donors (Lipinski definition) is 3. The Bertz CT molecular complexity index is 712. The van der Waals surface area contributed by atoms with Gasteiger partial charge in [0.25, 0.3) is 5.91 Å². The second-order valence-electron chi connectivity index (χ2n) is 6.85. The van der Waals surface area contributed by atoms with Crippen LogP contribution in [0.4, 0.5) is 10.5 Å². The second-order valence-corrected chi connectivity index (χ2v) is 6.85. The maximum Gasteiger partial charge on any atom is 0.319 e. The zero-order chi connectivity index (χ0) is 20.5. The number of urea groups is 1. The van der Waals surface area contributed by atoms with Crippen LogP contribution < -0.4 is 10.6 Å². The van der Waals surface area contributed by atoms with E-state index in [9.17, 15) is 14.4 Å². The van der Waals surface area contributed by atoms with Gasteiger partial charge in [-0.2, -0.15) is 0 Å². The highest BCUT2D eigenvalue weighted by Crippen LogP contribution is 2.24. The summed E-state index contributed by atoms with van der Waals surface area (Å²) < 4.78 is 0. The van der Waals surface area contributed by atoms with Crippen molar-refractivity contribution in [1.29, 1.82) is 0 Å². The minimum atomic E-state index is -0.766. The van der Waals surface area contributed by atoms with Gasteiger partial charge in [0.1, 0.15) is 0 Å².